The van der Waals surface area contributed by atoms with Gasteiger partial charge in [0.05, 0.1) is 7.11 Å². The molecule has 2 rings (SSSR count). The predicted octanol–water partition coefficient (Wildman–Crippen LogP) is 2.67. The molecule has 0 heterocycles. The van der Waals surface area contributed by atoms with Gasteiger partial charge in [-0.1, -0.05) is 68.4 Å². The molecule has 0 radical (unpaired) electrons. The van der Waals surface area contributed by atoms with Crippen molar-refractivity contribution in [1.82, 2.24) is 10.6 Å². The highest BCUT2D eigenvalue weighted by molar-refractivity contribution is 6.08. The summed E-state index contributed by atoms with van der Waals surface area (Å²) < 4.78 is 4.85. The van der Waals surface area contributed by atoms with Crippen molar-refractivity contribution in [3.8, 4) is 0 Å². The zero-order valence-electron chi connectivity index (χ0n) is 18.9. The number of hydrogen-bond acceptors (Lipinski definition) is 5. The van der Waals surface area contributed by atoms with Gasteiger partial charge in [0.2, 0.25) is 11.8 Å². The maximum atomic E-state index is 12.8. The molecule has 0 unspecified atom stereocenters. The molecule has 2 aromatic rings. The van der Waals surface area contributed by atoms with Gasteiger partial charge in [-0.3, -0.25) is 14.4 Å². The third-order valence-corrected chi connectivity index (χ3v) is 4.90. The fraction of sp³-hybridized carbons (Fsp3) is 0.360. The first-order valence-corrected chi connectivity index (χ1v) is 10.5. The number of hydrogen-bond donors (Lipinski definition) is 2. The predicted molar refractivity (Wildman–Crippen MR) is 121 cm³/mol. The van der Waals surface area contributed by atoms with Gasteiger partial charge < -0.3 is 15.4 Å². The number of rotatable bonds is 10. The normalized spacial score (nSPS) is 12.5. The summed E-state index contributed by atoms with van der Waals surface area (Å²) in [7, 11) is 1.25. The summed E-state index contributed by atoms with van der Waals surface area (Å²) >= 11 is 0. The van der Waals surface area contributed by atoms with Crippen molar-refractivity contribution in [2.24, 2.45) is 5.92 Å². The fourth-order valence-electron chi connectivity index (χ4n) is 3.34. The number of methoxy groups -OCH3 is 1. The van der Waals surface area contributed by atoms with Crippen LogP contribution in [0.2, 0.25) is 0 Å². The van der Waals surface area contributed by atoms with Crippen molar-refractivity contribution in [1.29, 1.82) is 0 Å². The van der Waals surface area contributed by atoms with E-state index in [1.165, 1.54) is 14.0 Å². The number of benzene rings is 2. The Bertz CT molecular complexity index is 939. The molecule has 7 nitrogen and oxygen atoms in total. The minimum absolute atomic E-state index is 0.0956. The Morgan fingerprint density at radius 1 is 0.844 bits per heavy atom. The molecule has 2 N–H and O–H groups in total. The molecule has 0 aromatic heterocycles. The van der Waals surface area contributed by atoms with Crippen LogP contribution in [0.15, 0.2) is 54.6 Å². The second-order valence-corrected chi connectivity index (χ2v) is 8.06. The summed E-state index contributed by atoms with van der Waals surface area (Å²) in [5, 5.41) is 5.33. The Kier molecular flexibility index (Phi) is 9.13. The van der Waals surface area contributed by atoms with Crippen LogP contribution in [-0.2, 0) is 25.5 Å². The van der Waals surface area contributed by atoms with Gasteiger partial charge in [0.25, 0.3) is 0 Å². The topological polar surface area (TPSA) is 102 Å². The monoisotopic (exact) mass is 438 g/mol. The Balaban J connectivity index is 2.13. The first-order valence-electron chi connectivity index (χ1n) is 10.5. The second-order valence-electron chi connectivity index (χ2n) is 8.06. The van der Waals surface area contributed by atoms with E-state index in [1.807, 2.05) is 19.9 Å². The highest BCUT2D eigenvalue weighted by Crippen LogP contribution is 2.13. The fourth-order valence-corrected chi connectivity index (χ4v) is 3.34. The summed E-state index contributed by atoms with van der Waals surface area (Å²) in [6, 6.07) is 14.2. The summed E-state index contributed by atoms with van der Waals surface area (Å²) in [6.45, 7) is 5.23. The molecule has 0 bridgehead atoms. The summed E-state index contributed by atoms with van der Waals surface area (Å²) in [5.74, 6) is -1.28. The number of amides is 2. The lowest BCUT2D eigenvalue weighted by molar-refractivity contribution is -0.145. The van der Waals surface area contributed by atoms with Crippen molar-refractivity contribution < 1.29 is 23.9 Å². The minimum atomic E-state index is -0.924. The van der Waals surface area contributed by atoms with Crippen molar-refractivity contribution in [3.05, 3.63) is 71.3 Å². The Labute approximate surface area is 188 Å². The lowest BCUT2D eigenvalue weighted by Gasteiger charge is -2.23. The molecular formula is C25H30N2O5. The molecule has 2 atom stereocenters. The number of nitrogens with one attached hydrogen (secondary N) is 2. The summed E-state index contributed by atoms with van der Waals surface area (Å²) in [6.07, 6.45) is 0.627. The highest BCUT2D eigenvalue weighted by Gasteiger charge is 2.27. The van der Waals surface area contributed by atoms with Crippen LogP contribution in [0.3, 0.4) is 0 Å². The van der Waals surface area contributed by atoms with Gasteiger partial charge in [0.1, 0.15) is 12.1 Å². The molecule has 0 aliphatic carbocycles. The Morgan fingerprint density at radius 2 is 1.44 bits per heavy atom. The average Bonchev–Trinajstić information content (AvgIpc) is 2.77. The molecule has 0 fully saturated rings. The lowest BCUT2D eigenvalue weighted by atomic mass is 9.99. The number of ether oxygens (including phenoxy) is 1. The van der Waals surface area contributed by atoms with E-state index in [2.05, 4.69) is 10.6 Å². The van der Waals surface area contributed by atoms with Crippen molar-refractivity contribution >= 4 is 23.6 Å². The van der Waals surface area contributed by atoms with Gasteiger partial charge in [0, 0.05) is 24.5 Å². The van der Waals surface area contributed by atoms with Crippen LogP contribution in [0.1, 0.15) is 48.7 Å². The van der Waals surface area contributed by atoms with Gasteiger partial charge >= 0.3 is 5.97 Å². The largest absolute Gasteiger partial charge is 0.467 e. The van der Waals surface area contributed by atoms with Gasteiger partial charge in [0.15, 0.2) is 5.78 Å². The van der Waals surface area contributed by atoms with E-state index >= 15 is 0 Å². The number of carbonyl (C=O) groups excluding carboxylic acids is 4. The maximum Gasteiger partial charge on any atom is 0.328 e. The van der Waals surface area contributed by atoms with Crippen LogP contribution < -0.4 is 10.6 Å². The zero-order chi connectivity index (χ0) is 23.7. The van der Waals surface area contributed by atoms with Gasteiger partial charge in [-0.2, -0.15) is 0 Å². The molecular weight excluding hydrogens is 408 g/mol. The standard InChI is InChI=1S/C25H30N2O5/c1-16(2)14-21(26-17(3)28)24(30)27-22(25(31)32-4)15-18-10-12-20(13-11-18)23(29)19-8-6-5-7-9-19/h5-13,16,21-22H,14-15H2,1-4H3,(H,26,28)(H,27,30)/t21-,22+/m0/s1. The number of esters is 1. The van der Waals surface area contributed by atoms with Crippen LogP contribution in [0.4, 0.5) is 0 Å². The van der Waals surface area contributed by atoms with Crippen LogP contribution in [0, 0.1) is 5.92 Å². The summed E-state index contributed by atoms with van der Waals surface area (Å²) in [5.41, 5.74) is 1.88. The van der Waals surface area contributed by atoms with Crippen LogP contribution in [-0.4, -0.2) is 42.8 Å². The van der Waals surface area contributed by atoms with Crippen molar-refractivity contribution in [2.75, 3.05) is 7.11 Å². The average molecular weight is 439 g/mol. The number of carbonyl (C=O) groups is 4. The molecule has 0 aliphatic heterocycles. The Morgan fingerprint density at radius 3 is 1.97 bits per heavy atom. The first kappa shape index (κ1) is 24.8. The molecule has 2 amide bonds. The highest BCUT2D eigenvalue weighted by atomic mass is 16.5. The van der Waals surface area contributed by atoms with E-state index in [9.17, 15) is 19.2 Å². The van der Waals surface area contributed by atoms with Gasteiger partial charge in [-0.25, -0.2) is 4.79 Å². The van der Waals surface area contributed by atoms with Gasteiger partial charge in [-0.05, 0) is 17.9 Å². The third kappa shape index (κ3) is 7.34. The zero-order valence-corrected chi connectivity index (χ0v) is 18.9. The van der Waals surface area contributed by atoms with Crippen LogP contribution in [0.25, 0.3) is 0 Å². The minimum Gasteiger partial charge on any atom is -0.467 e. The van der Waals surface area contributed by atoms with Crippen molar-refractivity contribution in [2.45, 2.75) is 45.7 Å². The molecule has 32 heavy (non-hydrogen) atoms. The number of ketones is 1. The van der Waals surface area contributed by atoms with E-state index in [0.29, 0.717) is 17.5 Å². The molecule has 170 valence electrons. The Hall–Kier alpha value is -3.48. The third-order valence-electron chi connectivity index (χ3n) is 4.90. The molecule has 0 aliphatic rings. The van der Waals surface area contributed by atoms with Crippen molar-refractivity contribution in [3.63, 3.8) is 0 Å². The smallest absolute Gasteiger partial charge is 0.328 e. The molecule has 0 saturated heterocycles. The van der Waals surface area contributed by atoms with E-state index in [-0.39, 0.29) is 24.0 Å². The van der Waals surface area contributed by atoms with Gasteiger partial charge in [-0.15, -0.1) is 0 Å². The van der Waals surface area contributed by atoms with E-state index < -0.39 is 24.0 Å². The van der Waals surface area contributed by atoms with Crippen LogP contribution >= 0.6 is 0 Å². The second kappa shape index (κ2) is 11.8. The SMILES string of the molecule is COC(=O)[C@@H](Cc1ccc(C(=O)c2ccccc2)cc1)NC(=O)[C@H](CC(C)C)NC(C)=O. The first-order chi connectivity index (χ1) is 15.2. The van der Waals surface area contributed by atoms with E-state index in [0.717, 1.165) is 5.56 Å². The quantitative estimate of drug-likeness (QED) is 0.439. The summed E-state index contributed by atoms with van der Waals surface area (Å²) in [4.78, 5) is 49.1. The lowest BCUT2D eigenvalue weighted by Crippen LogP contribution is -2.52. The molecule has 7 heteroatoms. The molecule has 0 saturated carbocycles. The molecule has 0 spiro atoms. The molecule has 2 aromatic carbocycles. The van der Waals surface area contributed by atoms with E-state index in [4.69, 9.17) is 4.74 Å². The maximum absolute atomic E-state index is 12.8. The van der Waals surface area contributed by atoms with E-state index in [1.54, 1.807) is 48.5 Å². The van der Waals surface area contributed by atoms with Crippen LogP contribution in [0.5, 0.6) is 0 Å².